The lowest BCUT2D eigenvalue weighted by molar-refractivity contribution is 0.00425. The number of aliphatic hydroxyl groups excluding tert-OH is 1. The first-order valence-electron chi connectivity index (χ1n) is 12.1. The Bertz CT molecular complexity index is 768. The lowest BCUT2D eigenvalue weighted by Gasteiger charge is -2.36. The summed E-state index contributed by atoms with van der Waals surface area (Å²) < 4.78 is 17.2. The van der Waals surface area contributed by atoms with Crippen LogP contribution in [0.4, 0.5) is 5.69 Å². The quantitative estimate of drug-likeness (QED) is 0.414. The Hall–Kier alpha value is -2.03. The average Bonchev–Trinajstić information content (AvgIpc) is 2.81. The molecule has 2 fully saturated rings. The fourth-order valence-corrected chi connectivity index (χ4v) is 4.92. The first-order valence-corrected chi connectivity index (χ1v) is 12.1. The zero-order chi connectivity index (χ0) is 22.3. The van der Waals surface area contributed by atoms with E-state index in [1.165, 1.54) is 32.1 Å². The molecule has 2 aliphatic heterocycles. The molecule has 1 saturated carbocycles. The van der Waals surface area contributed by atoms with E-state index in [2.05, 4.69) is 10.2 Å². The SMILES string of the molecule is Nc1cc2c(c(C(=O)NC[C@@H]3CCN(CCCOC4CCCCC4)C[C@H]3O)c1)OCCO2. The maximum Gasteiger partial charge on any atom is 0.255 e. The number of rotatable bonds is 8. The van der Waals surface area contributed by atoms with Gasteiger partial charge in [0.05, 0.1) is 17.8 Å². The van der Waals surface area contributed by atoms with Crippen LogP contribution in [0, 0.1) is 5.92 Å². The second-order valence-electron chi connectivity index (χ2n) is 9.20. The molecule has 1 aliphatic carbocycles. The maximum absolute atomic E-state index is 12.8. The Morgan fingerprint density at radius 1 is 1.19 bits per heavy atom. The zero-order valence-electron chi connectivity index (χ0n) is 18.9. The number of nitrogens with one attached hydrogen (secondary N) is 1. The molecule has 4 rings (SSSR count). The van der Waals surface area contributed by atoms with E-state index in [0.29, 0.717) is 55.2 Å². The van der Waals surface area contributed by atoms with Crippen molar-refractivity contribution in [2.24, 2.45) is 5.92 Å². The van der Waals surface area contributed by atoms with Crippen LogP contribution in [0.3, 0.4) is 0 Å². The smallest absolute Gasteiger partial charge is 0.255 e. The van der Waals surface area contributed by atoms with Gasteiger partial charge in [-0.2, -0.15) is 0 Å². The minimum Gasteiger partial charge on any atom is -0.486 e. The van der Waals surface area contributed by atoms with Crippen molar-refractivity contribution in [3.8, 4) is 11.5 Å². The molecule has 32 heavy (non-hydrogen) atoms. The second kappa shape index (κ2) is 11.2. The van der Waals surface area contributed by atoms with Gasteiger partial charge >= 0.3 is 0 Å². The number of likely N-dealkylation sites (tertiary alicyclic amines) is 1. The van der Waals surface area contributed by atoms with Gasteiger partial charge < -0.3 is 35.3 Å². The molecule has 2 atom stereocenters. The summed E-state index contributed by atoms with van der Waals surface area (Å²) in [4.78, 5) is 15.1. The fraction of sp³-hybridized carbons (Fsp3) is 0.708. The maximum atomic E-state index is 12.8. The Balaban J connectivity index is 1.19. The van der Waals surface area contributed by atoms with Crippen molar-refractivity contribution in [2.75, 3.05) is 51.7 Å². The molecular weight excluding hydrogens is 410 g/mol. The van der Waals surface area contributed by atoms with E-state index in [-0.39, 0.29) is 11.8 Å². The molecule has 0 aromatic heterocycles. The van der Waals surface area contributed by atoms with Crippen LogP contribution in [-0.4, -0.2) is 74.1 Å². The number of nitrogen functional groups attached to an aromatic ring is 1. The van der Waals surface area contributed by atoms with E-state index in [1.807, 2.05) is 0 Å². The fourth-order valence-electron chi connectivity index (χ4n) is 4.92. The van der Waals surface area contributed by atoms with Crippen molar-refractivity contribution >= 4 is 11.6 Å². The third kappa shape index (κ3) is 6.05. The van der Waals surface area contributed by atoms with Crippen molar-refractivity contribution in [1.29, 1.82) is 0 Å². The lowest BCUT2D eigenvalue weighted by atomic mass is 9.93. The van der Waals surface area contributed by atoms with E-state index in [4.69, 9.17) is 19.9 Å². The van der Waals surface area contributed by atoms with Gasteiger partial charge in [0.25, 0.3) is 5.91 Å². The number of carbonyl (C=O) groups excluding carboxylic acids is 1. The molecule has 0 unspecified atom stereocenters. The van der Waals surface area contributed by atoms with E-state index in [0.717, 1.165) is 32.5 Å². The van der Waals surface area contributed by atoms with Crippen LogP contribution in [-0.2, 0) is 4.74 Å². The van der Waals surface area contributed by atoms with E-state index in [9.17, 15) is 9.90 Å². The predicted molar refractivity (Wildman–Crippen MR) is 122 cm³/mol. The van der Waals surface area contributed by atoms with Crippen LogP contribution >= 0.6 is 0 Å². The van der Waals surface area contributed by atoms with E-state index < -0.39 is 6.10 Å². The molecule has 2 heterocycles. The van der Waals surface area contributed by atoms with Crippen molar-refractivity contribution in [3.63, 3.8) is 0 Å². The Morgan fingerprint density at radius 3 is 2.81 bits per heavy atom. The molecular formula is C24H37N3O5. The Morgan fingerprint density at radius 2 is 2.00 bits per heavy atom. The van der Waals surface area contributed by atoms with Crippen molar-refractivity contribution in [1.82, 2.24) is 10.2 Å². The molecule has 178 valence electrons. The highest BCUT2D eigenvalue weighted by Gasteiger charge is 2.29. The van der Waals surface area contributed by atoms with Gasteiger partial charge in [-0.1, -0.05) is 19.3 Å². The van der Waals surface area contributed by atoms with E-state index in [1.54, 1.807) is 12.1 Å². The number of hydrogen-bond acceptors (Lipinski definition) is 7. The molecule has 1 amide bonds. The van der Waals surface area contributed by atoms with Gasteiger partial charge in [0.1, 0.15) is 13.2 Å². The standard InChI is InChI=1S/C24H37N3O5/c25-18-13-20(23-22(14-18)31-11-12-32-23)24(29)26-15-17-7-9-27(16-21(17)28)8-4-10-30-19-5-2-1-3-6-19/h13-14,17,19,21,28H,1-12,15-16,25H2,(H,26,29)/t17-,21+/m0/s1. The third-order valence-corrected chi connectivity index (χ3v) is 6.76. The summed E-state index contributed by atoms with van der Waals surface area (Å²) in [6.45, 7) is 4.56. The van der Waals surface area contributed by atoms with Crippen LogP contribution in [0.5, 0.6) is 11.5 Å². The van der Waals surface area contributed by atoms with Gasteiger partial charge in [-0.3, -0.25) is 4.79 Å². The summed E-state index contributed by atoms with van der Waals surface area (Å²) in [7, 11) is 0. The van der Waals surface area contributed by atoms with Crippen LogP contribution in [0.15, 0.2) is 12.1 Å². The highest BCUT2D eigenvalue weighted by molar-refractivity contribution is 5.99. The molecule has 1 saturated heterocycles. The topological polar surface area (TPSA) is 106 Å². The molecule has 0 radical (unpaired) electrons. The monoisotopic (exact) mass is 447 g/mol. The Labute approximate surface area is 190 Å². The summed E-state index contributed by atoms with van der Waals surface area (Å²) >= 11 is 0. The molecule has 3 aliphatic rings. The highest BCUT2D eigenvalue weighted by Crippen LogP contribution is 2.36. The number of amides is 1. The molecule has 4 N–H and O–H groups in total. The van der Waals surface area contributed by atoms with Crippen molar-refractivity contribution < 1.29 is 24.1 Å². The van der Waals surface area contributed by atoms with Gasteiger partial charge in [0.2, 0.25) is 0 Å². The number of β-amino-alcohol motifs (C(OH)–C–C–N with tert-alkyl or cyclic N) is 1. The number of aliphatic hydroxyl groups is 1. The summed E-state index contributed by atoms with van der Waals surface area (Å²) in [5.74, 6) is 0.715. The molecule has 8 heteroatoms. The summed E-state index contributed by atoms with van der Waals surface area (Å²) in [5.41, 5.74) is 6.76. The number of carbonyl (C=O) groups is 1. The second-order valence-corrected chi connectivity index (χ2v) is 9.20. The number of nitrogens with two attached hydrogens (primary N) is 1. The number of benzene rings is 1. The first kappa shape index (κ1) is 23.1. The third-order valence-electron chi connectivity index (χ3n) is 6.76. The number of nitrogens with zero attached hydrogens (tertiary/aromatic N) is 1. The number of ether oxygens (including phenoxy) is 3. The zero-order valence-corrected chi connectivity index (χ0v) is 18.9. The predicted octanol–water partition coefficient (Wildman–Crippen LogP) is 2.19. The molecule has 0 bridgehead atoms. The van der Waals surface area contributed by atoms with E-state index >= 15 is 0 Å². The summed E-state index contributed by atoms with van der Waals surface area (Å²) in [6, 6.07) is 3.28. The van der Waals surface area contributed by atoms with Crippen molar-refractivity contribution in [3.05, 3.63) is 17.7 Å². The number of piperidine rings is 1. The molecule has 0 spiro atoms. The van der Waals surface area contributed by atoms with Gasteiger partial charge in [0, 0.05) is 43.9 Å². The summed E-state index contributed by atoms with van der Waals surface area (Å²) in [6.07, 6.45) is 8.16. The average molecular weight is 448 g/mol. The molecule has 1 aromatic rings. The minimum atomic E-state index is -0.461. The number of fused-ring (bicyclic) bond motifs is 1. The minimum absolute atomic E-state index is 0.0303. The summed E-state index contributed by atoms with van der Waals surface area (Å²) in [5, 5.41) is 13.6. The normalized spacial score (nSPS) is 24.3. The van der Waals surface area contributed by atoms with Crippen molar-refractivity contribution in [2.45, 2.75) is 57.2 Å². The highest BCUT2D eigenvalue weighted by atomic mass is 16.6. The molecule has 1 aromatic carbocycles. The van der Waals surface area contributed by atoms with Gasteiger partial charge in [-0.25, -0.2) is 0 Å². The molecule has 8 nitrogen and oxygen atoms in total. The van der Waals surface area contributed by atoms with Crippen LogP contribution < -0.4 is 20.5 Å². The van der Waals surface area contributed by atoms with Gasteiger partial charge in [0.15, 0.2) is 11.5 Å². The van der Waals surface area contributed by atoms with Crippen LogP contribution in [0.1, 0.15) is 55.3 Å². The number of anilines is 1. The number of hydrogen-bond donors (Lipinski definition) is 3. The first-order chi connectivity index (χ1) is 15.6. The lowest BCUT2D eigenvalue weighted by Crippen LogP contribution is -2.48. The van der Waals surface area contributed by atoms with Crippen LogP contribution in [0.2, 0.25) is 0 Å². The van der Waals surface area contributed by atoms with Crippen LogP contribution in [0.25, 0.3) is 0 Å². The largest absolute Gasteiger partial charge is 0.486 e. The Kier molecular flexibility index (Phi) is 8.10. The van der Waals surface area contributed by atoms with Gasteiger partial charge in [-0.15, -0.1) is 0 Å². The van der Waals surface area contributed by atoms with Gasteiger partial charge in [-0.05, 0) is 38.3 Å².